The number of nitrogens with zero attached hydrogens (tertiary/aromatic N) is 1. The summed E-state index contributed by atoms with van der Waals surface area (Å²) in [5, 5.41) is 1.000. The molecule has 1 aliphatic heterocycles. The van der Waals surface area contributed by atoms with Gasteiger partial charge in [-0.3, -0.25) is 4.79 Å². The maximum Gasteiger partial charge on any atom is 0.289 e. The summed E-state index contributed by atoms with van der Waals surface area (Å²) in [6.45, 7) is 7.84. The molecule has 4 rings (SSSR count). The molecule has 2 heterocycles. The second-order valence-electron chi connectivity index (χ2n) is 8.30. The predicted molar refractivity (Wildman–Crippen MR) is 86.8 cm³/mol. The maximum absolute atomic E-state index is 12.9. The number of furan rings is 1. The predicted octanol–water partition coefficient (Wildman–Crippen LogP) is 4.47. The average Bonchev–Trinajstić information content (AvgIpc) is 2.95. The first-order valence-electron chi connectivity index (χ1n) is 8.15. The Bertz CT molecular complexity index is 712. The minimum absolute atomic E-state index is 0.0580. The van der Waals surface area contributed by atoms with Crippen LogP contribution in [0.3, 0.4) is 0 Å². The Morgan fingerprint density at radius 3 is 2.77 bits per heavy atom. The Labute approximate surface area is 131 Å². The van der Waals surface area contributed by atoms with Gasteiger partial charge in [-0.15, -0.1) is 0 Å². The van der Waals surface area contributed by atoms with Gasteiger partial charge in [-0.2, -0.15) is 0 Å². The standard InChI is InChI=1S/C19H23NO2/c1-18(2)9-14-10-19(3,11-18)12-20(14)17(21)16-8-13-6-4-5-7-15(13)22-16/h4-8,14H,9-12H2,1-3H3. The summed E-state index contributed by atoms with van der Waals surface area (Å²) in [5.41, 5.74) is 1.37. The van der Waals surface area contributed by atoms with Crippen molar-refractivity contribution in [2.75, 3.05) is 6.54 Å². The van der Waals surface area contributed by atoms with Gasteiger partial charge in [-0.25, -0.2) is 0 Å². The van der Waals surface area contributed by atoms with Gasteiger partial charge >= 0.3 is 0 Å². The molecular formula is C19H23NO2. The number of carbonyl (C=O) groups is 1. The zero-order valence-corrected chi connectivity index (χ0v) is 13.6. The van der Waals surface area contributed by atoms with Gasteiger partial charge in [0.05, 0.1) is 0 Å². The SMILES string of the molecule is CC1(C)CC2CC(C)(CN2C(=O)c2cc3ccccc3o2)C1. The first-order valence-corrected chi connectivity index (χ1v) is 8.15. The van der Waals surface area contributed by atoms with Crippen molar-refractivity contribution in [1.29, 1.82) is 0 Å². The lowest BCUT2D eigenvalue weighted by molar-refractivity contribution is 0.0679. The molecule has 2 bridgehead atoms. The zero-order chi connectivity index (χ0) is 15.5. The Hall–Kier alpha value is -1.77. The minimum atomic E-state index is 0.0580. The van der Waals surface area contributed by atoms with Crippen LogP contribution >= 0.6 is 0 Å². The fourth-order valence-electron chi connectivity index (χ4n) is 4.93. The lowest BCUT2D eigenvalue weighted by Gasteiger charge is -2.39. The molecule has 116 valence electrons. The van der Waals surface area contributed by atoms with Crippen molar-refractivity contribution in [1.82, 2.24) is 4.90 Å². The highest BCUT2D eigenvalue weighted by atomic mass is 16.3. The average molecular weight is 297 g/mol. The van der Waals surface area contributed by atoms with Crippen molar-refractivity contribution in [3.05, 3.63) is 36.1 Å². The van der Waals surface area contributed by atoms with Crippen LogP contribution in [0.2, 0.25) is 0 Å². The smallest absolute Gasteiger partial charge is 0.289 e. The third-order valence-corrected chi connectivity index (χ3v) is 5.31. The Morgan fingerprint density at radius 1 is 1.23 bits per heavy atom. The first-order chi connectivity index (χ1) is 10.4. The molecule has 2 unspecified atom stereocenters. The van der Waals surface area contributed by atoms with Crippen molar-refractivity contribution in [2.24, 2.45) is 10.8 Å². The van der Waals surface area contributed by atoms with Crippen LogP contribution in [0.15, 0.2) is 34.7 Å². The molecular weight excluding hydrogens is 274 g/mol. The molecule has 1 aliphatic carbocycles. The molecule has 0 N–H and O–H groups in total. The summed E-state index contributed by atoms with van der Waals surface area (Å²) in [6, 6.07) is 10.1. The van der Waals surface area contributed by atoms with E-state index in [0.29, 0.717) is 17.2 Å². The molecule has 1 amide bonds. The highest BCUT2D eigenvalue weighted by molar-refractivity contribution is 5.96. The molecule has 22 heavy (non-hydrogen) atoms. The molecule has 0 spiro atoms. The molecule has 2 fully saturated rings. The van der Waals surface area contributed by atoms with Crippen molar-refractivity contribution < 1.29 is 9.21 Å². The summed E-state index contributed by atoms with van der Waals surface area (Å²) in [6.07, 6.45) is 3.41. The number of amides is 1. The second kappa shape index (κ2) is 4.37. The van der Waals surface area contributed by atoms with E-state index in [1.807, 2.05) is 30.3 Å². The van der Waals surface area contributed by atoms with Gasteiger partial charge in [-0.05, 0) is 42.2 Å². The largest absolute Gasteiger partial charge is 0.451 e. The number of hydrogen-bond donors (Lipinski definition) is 0. The summed E-state index contributed by atoms with van der Waals surface area (Å²) < 4.78 is 5.78. The third-order valence-electron chi connectivity index (χ3n) is 5.31. The highest BCUT2D eigenvalue weighted by Gasteiger charge is 2.51. The van der Waals surface area contributed by atoms with Crippen LogP contribution in [0.25, 0.3) is 11.0 Å². The summed E-state index contributed by atoms with van der Waals surface area (Å²) in [5.74, 6) is 0.540. The quantitative estimate of drug-likeness (QED) is 0.778. The summed E-state index contributed by atoms with van der Waals surface area (Å²) >= 11 is 0. The molecule has 1 aromatic heterocycles. The monoisotopic (exact) mass is 297 g/mol. The molecule has 1 saturated carbocycles. The highest BCUT2D eigenvalue weighted by Crippen LogP contribution is 2.52. The number of para-hydroxylation sites is 1. The molecule has 2 aromatic rings. The second-order valence-corrected chi connectivity index (χ2v) is 8.30. The first kappa shape index (κ1) is 13.9. The topological polar surface area (TPSA) is 33.5 Å². The van der Waals surface area contributed by atoms with Gasteiger partial charge in [0.25, 0.3) is 5.91 Å². The van der Waals surface area contributed by atoms with Crippen LogP contribution in [0.1, 0.15) is 50.6 Å². The normalized spacial score (nSPS) is 30.0. The molecule has 1 aromatic carbocycles. The van der Waals surface area contributed by atoms with Gasteiger partial charge < -0.3 is 9.32 Å². The van der Waals surface area contributed by atoms with Gasteiger partial charge in [-0.1, -0.05) is 39.0 Å². The minimum Gasteiger partial charge on any atom is -0.451 e. The van der Waals surface area contributed by atoms with E-state index in [9.17, 15) is 4.79 Å². The van der Waals surface area contributed by atoms with Crippen LogP contribution in [0, 0.1) is 10.8 Å². The van der Waals surface area contributed by atoms with Crippen molar-refractivity contribution in [3.8, 4) is 0 Å². The van der Waals surface area contributed by atoms with E-state index in [-0.39, 0.29) is 11.3 Å². The van der Waals surface area contributed by atoms with Crippen LogP contribution in [0.4, 0.5) is 0 Å². The number of benzene rings is 1. The fraction of sp³-hybridized carbons (Fsp3) is 0.526. The van der Waals surface area contributed by atoms with E-state index < -0.39 is 0 Å². The fourth-order valence-corrected chi connectivity index (χ4v) is 4.93. The molecule has 2 aliphatic rings. The van der Waals surface area contributed by atoms with Gasteiger partial charge in [0.2, 0.25) is 0 Å². The third kappa shape index (κ3) is 2.15. The number of hydrogen-bond acceptors (Lipinski definition) is 2. The lowest BCUT2D eigenvalue weighted by Crippen LogP contribution is -2.37. The molecule has 0 radical (unpaired) electrons. The lowest BCUT2D eigenvalue weighted by atomic mass is 9.65. The number of carbonyl (C=O) groups excluding carboxylic acids is 1. The van der Waals surface area contributed by atoms with Crippen LogP contribution in [0.5, 0.6) is 0 Å². The number of fused-ring (bicyclic) bond motifs is 3. The molecule has 3 nitrogen and oxygen atoms in total. The van der Waals surface area contributed by atoms with E-state index in [1.54, 1.807) is 0 Å². The van der Waals surface area contributed by atoms with Crippen LogP contribution in [-0.4, -0.2) is 23.4 Å². The Balaban J connectivity index is 1.66. The van der Waals surface area contributed by atoms with Crippen molar-refractivity contribution >= 4 is 16.9 Å². The van der Waals surface area contributed by atoms with Crippen LogP contribution < -0.4 is 0 Å². The van der Waals surface area contributed by atoms with Crippen LogP contribution in [-0.2, 0) is 0 Å². The Morgan fingerprint density at radius 2 is 2.00 bits per heavy atom. The molecule has 3 heteroatoms. The van der Waals surface area contributed by atoms with Gasteiger partial charge in [0, 0.05) is 18.0 Å². The molecule has 2 atom stereocenters. The van der Waals surface area contributed by atoms with E-state index in [2.05, 4.69) is 25.7 Å². The van der Waals surface area contributed by atoms with Crippen molar-refractivity contribution in [3.63, 3.8) is 0 Å². The van der Waals surface area contributed by atoms with E-state index >= 15 is 0 Å². The van der Waals surface area contributed by atoms with E-state index in [1.165, 1.54) is 6.42 Å². The zero-order valence-electron chi connectivity index (χ0n) is 13.6. The molecule has 1 saturated heterocycles. The summed E-state index contributed by atoms with van der Waals surface area (Å²) in [4.78, 5) is 15.0. The van der Waals surface area contributed by atoms with E-state index in [4.69, 9.17) is 4.42 Å². The number of likely N-dealkylation sites (tertiary alicyclic amines) is 1. The Kier molecular flexibility index (Phi) is 2.76. The number of rotatable bonds is 1. The van der Waals surface area contributed by atoms with E-state index in [0.717, 1.165) is 30.4 Å². The van der Waals surface area contributed by atoms with Gasteiger partial charge in [0.1, 0.15) is 5.58 Å². The maximum atomic E-state index is 12.9. The van der Waals surface area contributed by atoms with Gasteiger partial charge in [0.15, 0.2) is 5.76 Å². The summed E-state index contributed by atoms with van der Waals surface area (Å²) in [7, 11) is 0. The van der Waals surface area contributed by atoms with Crippen molar-refractivity contribution in [2.45, 2.75) is 46.1 Å².